The van der Waals surface area contributed by atoms with Crippen LogP contribution in [0.2, 0.25) is 0 Å². The Hall–Kier alpha value is -1.76. The van der Waals surface area contributed by atoms with Crippen LogP contribution in [0.15, 0.2) is 28.7 Å². The van der Waals surface area contributed by atoms with Gasteiger partial charge in [-0.15, -0.1) is 10.2 Å². The van der Waals surface area contributed by atoms with Crippen molar-refractivity contribution >= 4 is 0 Å². The smallest absolute Gasteiger partial charge is 0.247 e. The molecule has 0 bridgehead atoms. The van der Waals surface area contributed by atoms with E-state index in [-0.39, 0.29) is 11.9 Å². The maximum Gasteiger partial charge on any atom is 0.247 e. The van der Waals surface area contributed by atoms with Gasteiger partial charge >= 0.3 is 0 Å². The average molecular weight is 329 g/mol. The van der Waals surface area contributed by atoms with E-state index in [0.29, 0.717) is 24.9 Å². The summed E-state index contributed by atoms with van der Waals surface area (Å²) in [7, 11) is 0. The van der Waals surface area contributed by atoms with Gasteiger partial charge in [0.05, 0.1) is 19.3 Å². The molecule has 3 heterocycles. The van der Waals surface area contributed by atoms with Crippen LogP contribution in [0.1, 0.15) is 31.2 Å². The summed E-state index contributed by atoms with van der Waals surface area (Å²) in [5, 5.41) is 8.36. The first kappa shape index (κ1) is 15.7. The number of likely N-dealkylation sites (tertiary alicyclic amines) is 1. The second-order valence-corrected chi connectivity index (χ2v) is 6.79. The molecule has 1 aromatic heterocycles. The highest BCUT2D eigenvalue weighted by molar-refractivity contribution is 5.52. The van der Waals surface area contributed by atoms with E-state index in [2.05, 4.69) is 28.9 Å². The Morgan fingerprint density at radius 1 is 1.17 bits per heavy atom. The van der Waals surface area contributed by atoms with E-state index in [9.17, 15) is 0 Å². The summed E-state index contributed by atoms with van der Waals surface area (Å²) in [6, 6.07) is 8.11. The van der Waals surface area contributed by atoms with Gasteiger partial charge in [0.1, 0.15) is 0 Å². The fourth-order valence-corrected chi connectivity index (χ4v) is 3.34. The highest BCUT2D eigenvalue weighted by atomic mass is 16.7. The second-order valence-electron chi connectivity index (χ2n) is 6.79. The number of hydrogen-bond acceptors (Lipinski definition) is 6. The van der Waals surface area contributed by atoms with Crippen LogP contribution in [-0.2, 0) is 16.0 Å². The van der Waals surface area contributed by atoms with Crippen LogP contribution in [0.5, 0.6) is 0 Å². The van der Waals surface area contributed by atoms with Gasteiger partial charge in [-0.1, -0.05) is 17.7 Å². The number of ether oxygens (including phenoxy) is 2. The monoisotopic (exact) mass is 329 g/mol. The topological polar surface area (TPSA) is 60.6 Å². The van der Waals surface area contributed by atoms with Gasteiger partial charge in [-0.2, -0.15) is 0 Å². The van der Waals surface area contributed by atoms with Crippen LogP contribution in [0.4, 0.5) is 0 Å². The predicted octanol–water partition coefficient (Wildman–Crippen LogP) is 2.77. The second kappa shape index (κ2) is 6.27. The number of aromatic nitrogens is 2. The lowest BCUT2D eigenvalue weighted by Gasteiger charge is -2.37. The van der Waals surface area contributed by atoms with E-state index in [1.54, 1.807) is 0 Å². The summed E-state index contributed by atoms with van der Waals surface area (Å²) in [6.07, 6.45) is 1.97. The van der Waals surface area contributed by atoms with E-state index in [1.807, 2.05) is 24.3 Å². The number of rotatable bonds is 3. The van der Waals surface area contributed by atoms with Crippen LogP contribution in [-0.4, -0.2) is 46.7 Å². The van der Waals surface area contributed by atoms with Gasteiger partial charge in [0, 0.05) is 31.5 Å². The molecule has 1 atom stereocenters. The zero-order valence-electron chi connectivity index (χ0n) is 14.2. The van der Waals surface area contributed by atoms with Crippen molar-refractivity contribution in [3.63, 3.8) is 0 Å². The van der Waals surface area contributed by atoms with Gasteiger partial charge in [-0.05, 0) is 26.0 Å². The molecule has 2 saturated heterocycles. The summed E-state index contributed by atoms with van der Waals surface area (Å²) in [6.45, 7) is 7.31. The summed E-state index contributed by atoms with van der Waals surface area (Å²) >= 11 is 0. The van der Waals surface area contributed by atoms with Crippen molar-refractivity contribution < 1.29 is 13.9 Å². The molecule has 1 aromatic carbocycles. The zero-order valence-corrected chi connectivity index (χ0v) is 14.2. The molecule has 1 unspecified atom stereocenters. The quantitative estimate of drug-likeness (QED) is 0.863. The fraction of sp³-hybridized carbons (Fsp3) is 0.556. The molecular formula is C18H23N3O3. The summed E-state index contributed by atoms with van der Waals surface area (Å²) < 4.78 is 17.6. The summed E-state index contributed by atoms with van der Waals surface area (Å²) in [4.78, 5) is 2.31. The fourth-order valence-electron chi connectivity index (χ4n) is 3.34. The van der Waals surface area contributed by atoms with Gasteiger partial charge in [-0.3, -0.25) is 4.90 Å². The van der Waals surface area contributed by atoms with E-state index in [1.165, 1.54) is 5.56 Å². The molecule has 1 spiro atoms. The third kappa shape index (κ3) is 3.22. The minimum atomic E-state index is -0.363. The van der Waals surface area contributed by atoms with Gasteiger partial charge in [0.2, 0.25) is 11.8 Å². The van der Waals surface area contributed by atoms with E-state index in [0.717, 1.165) is 31.5 Å². The van der Waals surface area contributed by atoms with E-state index in [4.69, 9.17) is 13.9 Å². The molecule has 24 heavy (non-hydrogen) atoms. The molecule has 2 aromatic rings. The molecule has 0 N–H and O–H groups in total. The van der Waals surface area contributed by atoms with Gasteiger partial charge in [-0.25, -0.2) is 0 Å². The van der Waals surface area contributed by atoms with Crippen molar-refractivity contribution in [2.24, 2.45) is 0 Å². The Kier molecular flexibility index (Phi) is 4.12. The highest BCUT2D eigenvalue weighted by Gasteiger charge is 2.42. The average Bonchev–Trinajstić information content (AvgIpc) is 3.18. The lowest BCUT2D eigenvalue weighted by Crippen LogP contribution is -2.45. The number of hydrogen-bond donors (Lipinski definition) is 0. The van der Waals surface area contributed by atoms with Crippen molar-refractivity contribution in [2.45, 2.75) is 45.1 Å². The van der Waals surface area contributed by atoms with Crippen molar-refractivity contribution in [2.75, 3.05) is 19.7 Å². The van der Waals surface area contributed by atoms with Crippen molar-refractivity contribution in [3.05, 3.63) is 35.7 Å². The Morgan fingerprint density at radius 3 is 2.58 bits per heavy atom. The molecule has 0 aliphatic carbocycles. The van der Waals surface area contributed by atoms with Gasteiger partial charge in [0.15, 0.2) is 5.79 Å². The van der Waals surface area contributed by atoms with E-state index >= 15 is 0 Å². The first-order valence-electron chi connectivity index (χ1n) is 8.55. The standard InChI is InChI=1S/C18H23N3O3/c1-13-3-5-15(6-4-13)17-20-19-16(23-17)11-21-9-7-18(8-10-21)22-12-14(2)24-18/h3-6,14H,7-12H2,1-2H3. The molecule has 0 radical (unpaired) electrons. The van der Waals surface area contributed by atoms with Gasteiger partial charge in [0.25, 0.3) is 0 Å². The van der Waals surface area contributed by atoms with Crippen molar-refractivity contribution in [1.82, 2.24) is 15.1 Å². The summed E-state index contributed by atoms with van der Waals surface area (Å²) in [5.74, 6) is 0.871. The van der Waals surface area contributed by atoms with Crippen LogP contribution < -0.4 is 0 Å². The normalized spacial score (nSPS) is 23.8. The minimum Gasteiger partial charge on any atom is -0.419 e. The van der Waals surface area contributed by atoms with E-state index < -0.39 is 0 Å². The Balaban J connectivity index is 1.36. The molecule has 128 valence electrons. The number of piperidine rings is 1. The van der Waals surface area contributed by atoms with Gasteiger partial charge < -0.3 is 13.9 Å². The largest absolute Gasteiger partial charge is 0.419 e. The Bertz CT molecular complexity index is 690. The van der Waals surface area contributed by atoms with Crippen LogP contribution >= 0.6 is 0 Å². The maximum absolute atomic E-state index is 5.96. The third-order valence-corrected chi connectivity index (χ3v) is 4.74. The van der Waals surface area contributed by atoms with Crippen LogP contribution in [0, 0.1) is 6.92 Å². The lowest BCUT2D eigenvalue weighted by molar-refractivity contribution is -0.194. The Morgan fingerprint density at radius 2 is 1.92 bits per heavy atom. The number of aryl methyl sites for hydroxylation is 1. The molecule has 6 heteroatoms. The number of benzene rings is 1. The Labute approximate surface area is 141 Å². The van der Waals surface area contributed by atoms with Crippen LogP contribution in [0.25, 0.3) is 11.5 Å². The minimum absolute atomic E-state index is 0.199. The maximum atomic E-state index is 5.96. The first-order valence-corrected chi connectivity index (χ1v) is 8.55. The molecule has 2 fully saturated rings. The van der Waals surface area contributed by atoms with Crippen molar-refractivity contribution in [3.8, 4) is 11.5 Å². The molecule has 2 aliphatic heterocycles. The lowest BCUT2D eigenvalue weighted by atomic mass is 10.0. The van der Waals surface area contributed by atoms with Crippen LogP contribution in [0.3, 0.4) is 0 Å². The summed E-state index contributed by atoms with van der Waals surface area (Å²) in [5.41, 5.74) is 2.17. The highest BCUT2D eigenvalue weighted by Crippen LogP contribution is 2.34. The molecule has 2 aliphatic rings. The van der Waals surface area contributed by atoms with Crippen molar-refractivity contribution in [1.29, 1.82) is 0 Å². The zero-order chi connectivity index (χ0) is 16.6. The third-order valence-electron chi connectivity index (χ3n) is 4.74. The predicted molar refractivity (Wildman–Crippen MR) is 88.2 cm³/mol. The molecule has 6 nitrogen and oxygen atoms in total. The SMILES string of the molecule is Cc1ccc(-c2nnc(CN3CCC4(CC3)OCC(C)O4)o2)cc1. The first-order chi connectivity index (χ1) is 11.6. The molecule has 4 rings (SSSR count). The molecule has 0 amide bonds. The molecule has 0 saturated carbocycles. The number of nitrogens with zero attached hydrogens (tertiary/aromatic N) is 3. The molecular weight excluding hydrogens is 306 g/mol.